The third kappa shape index (κ3) is 42.3. The van der Waals surface area contributed by atoms with Gasteiger partial charge in [-0.1, -0.05) is 322 Å². The summed E-state index contributed by atoms with van der Waals surface area (Å²) in [5, 5.41) is 54.8. The van der Waals surface area contributed by atoms with Crippen LogP contribution in [0.15, 0.2) is 0 Å². The van der Waals surface area contributed by atoms with Crippen molar-refractivity contribution in [2.24, 2.45) is 0 Å². The number of carbonyl (C=O) groups is 1. The highest BCUT2D eigenvalue weighted by Crippen LogP contribution is 2.24. The fourth-order valence-electron chi connectivity index (χ4n) is 10.9. The largest absolute Gasteiger partial charge is 0.394 e. The zero-order valence-corrected chi connectivity index (χ0v) is 48.0. The summed E-state index contributed by atoms with van der Waals surface area (Å²) in [6.45, 7) is 3.90. The van der Waals surface area contributed by atoms with Crippen LogP contribution in [0.4, 0.5) is 0 Å². The molecule has 1 aliphatic rings. The normalized spacial score (nSPS) is 19.0. The zero-order valence-electron chi connectivity index (χ0n) is 48.0. The second-order valence-electron chi connectivity index (χ2n) is 22.9. The number of nitrogens with one attached hydrogen (secondary N) is 1. The Labute approximate surface area is 446 Å². The highest BCUT2D eigenvalue weighted by Gasteiger charge is 2.44. The van der Waals surface area contributed by atoms with Crippen LogP contribution >= 0.6 is 0 Å². The molecule has 0 aromatic carbocycles. The summed E-state index contributed by atoms with van der Waals surface area (Å²) in [5.74, 6) is -0.135. The van der Waals surface area contributed by atoms with Crippen LogP contribution in [0.5, 0.6) is 0 Å². The van der Waals surface area contributed by atoms with E-state index >= 15 is 0 Å². The van der Waals surface area contributed by atoms with Gasteiger partial charge in [0, 0.05) is 6.42 Å². The van der Waals surface area contributed by atoms with E-state index in [1.807, 2.05) is 0 Å². The molecule has 9 nitrogen and oxygen atoms in total. The van der Waals surface area contributed by atoms with Gasteiger partial charge in [-0.3, -0.25) is 4.79 Å². The molecule has 0 aromatic rings. The maximum atomic E-state index is 13.1. The molecule has 1 aliphatic heterocycles. The lowest BCUT2D eigenvalue weighted by molar-refractivity contribution is -0.302. The summed E-state index contributed by atoms with van der Waals surface area (Å²) in [6, 6.07) is -0.714. The average molecular weight is 1020 g/mol. The summed E-state index contributed by atoms with van der Waals surface area (Å²) in [4.78, 5) is 13.1. The van der Waals surface area contributed by atoms with Crippen LogP contribution in [0.1, 0.15) is 341 Å². The average Bonchev–Trinajstić information content (AvgIpc) is 3.38. The second-order valence-corrected chi connectivity index (χ2v) is 22.9. The Morgan fingerprint density at radius 1 is 0.417 bits per heavy atom. The topological polar surface area (TPSA) is 149 Å². The van der Waals surface area contributed by atoms with Crippen molar-refractivity contribution in [2.45, 2.75) is 384 Å². The quantitative estimate of drug-likeness (QED) is 0.0330. The van der Waals surface area contributed by atoms with Gasteiger partial charge in [0.05, 0.1) is 25.4 Å². The fourth-order valence-corrected chi connectivity index (χ4v) is 10.9. The van der Waals surface area contributed by atoms with Crippen LogP contribution in [0.25, 0.3) is 0 Å². The second kappa shape index (κ2) is 53.6. The van der Waals surface area contributed by atoms with Gasteiger partial charge in [-0.2, -0.15) is 0 Å². The molecule has 0 bridgehead atoms. The minimum atomic E-state index is -1.55. The molecule has 7 atom stereocenters. The van der Waals surface area contributed by atoms with E-state index < -0.39 is 49.5 Å². The fraction of sp³-hybridized carbons (Fsp3) is 0.984. The molecule has 9 heteroatoms. The Balaban J connectivity index is 2.11. The van der Waals surface area contributed by atoms with Gasteiger partial charge in [0.15, 0.2) is 6.29 Å². The maximum Gasteiger partial charge on any atom is 0.220 e. The number of amides is 1. The van der Waals surface area contributed by atoms with Gasteiger partial charge in [0.25, 0.3) is 0 Å². The van der Waals surface area contributed by atoms with Crippen LogP contribution in [-0.2, 0) is 14.3 Å². The summed E-state index contributed by atoms with van der Waals surface area (Å²) >= 11 is 0. The van der Waals surface area contributed by atoms with Crippen molar-refractivity contribution in [3.8, 4) is 0 Å². The van der Waals surface area contributed by atoms with Crippen molar-refractivity contribution in [3.05, 3.63) is 0 Å². The molecule has 72 heavy (non-hydrogen) atoms. The van der Waals surface area contributed by atoms with E-state index in [4.69, 9.17) is 9.47 Å². The molecular weight excluding hydrogens is 899 g/mol. The summed E-state index contributed by atoms with van der Waals surface area (Å²) in [5.41, 5.74) is 0. The van der Waals surface area contributed by atoms with Gasteiger partial charge >= 0.3 is 0 Å². The summed E-state index contributed by atoms with van der Waals surface area (Å²) in [7, 11) is 0. The smallest absolute Gasteiger partial charge is 0.220 e. The molecule has 0 radical (unpaired) electrons. The highest BCUT2D eigenvalue weighted by atomic mass is 16.7. The Bertz CT molecular complexity index is 1100. The molecule has 1 fully saturated rings. The van der Waals surface area contributed by atoms with Crippen molar-refractivity contribution in [1.29, 1.82) is 0 Å². The number of hydrogen-bond donors (Lipinski definition) is 6. The zero-order chi connectivity index (χ0) is 52.2. The van der Waals surface area contributed by atoms with E-state index in [0.717, 1.165) is 38.5 Å². The molecule has 6 N–H and O–H groups in total. The van der Waals surface area contributed by atoms with Crippen molar-refractivity contribution in [1.82, 2.24) is 5.32 Å². The SMILES string of the molecule is CCCCCCCCCCCCCCCCCCCCCCCCCCCCCCCCCC(O)C(COC1OC(CO)C(O)C(O)C1O)NC(=O)CCCCCCCCCCCCCCCCCCCC. The molecule has 430 valence electrons. The number of aliphatic hydroxyl groups excluding tert-OH is 5. The van der Waals surface area contributed by atoms with Crippen LogP contribution in [0.2, 0.25) is 0 Å². The number of rotatable bonds is 57. The monoisotopic (exact) mass is 1020 g/mol. The van der Waals surface area contributed by atoms with Gasteiger partial charge in [0.2, 0.25) is 5.91 Å². The Kier molecular flexibility index (Phi) is 51.5. The van der Waals surface area contributed by atoms with E-state index in [2.05, 4.69) is 19.2 Å². The Hall–Kier alpha value is -0.810. The minimum absolute atomic E-state index is 0.131. The molecule has 1 amide bonds. The van der Waals surface area contributed by atoms with Crippen LogP contribution in [-0.4, -0.2) is 87.5 Å². The maximum absolute atomic E-state index is 13.1. The van der Waals surface area contributed by atoms with Crippen molar-refractivity contribution in [2.75, 3.05) is 13.2 Å². The predicted molar refractivity (Wildman–Crippen MR) is 304 cm³/mol. The standard InChI is InChI=1S/C63H125NO8/c1-3-5-7-9-11-13-15-17-19-21-23-24-25-26-27-28-29-30-31-32-33-34-35-36-38-40-42-44-46-48-50-52-57(66)56(55-71-63-62(70)61(69)60(68)58(54-65)72-63)64-59(67)53-51-49-47-45-43-41-39-37-22-20-18-16-14-12-10-8-6-4-2/h56-58,60-63,65-66,68-70H,3-55H2,1-2H3,(H,64,67). The highest BCUT2D eigenvalue weighted by molar-refractivity contribution is 5.76. The number of carbonyl (C=O) groups excluding carboxylic acids is 1. The first kappa shape index (κ1) is 69.2. The first-order valence-corrected chi connectivity index (χ1v) is 32.2. The lowest BCUT2D eigenvalue weighted by Crippen LogP contribution is -2.60. The molecule has 0 spiro atoms. The first-order valence-electron chi connectivity index (χ1n) is 32.2. The van der Waals surface area contributed by atoms with E-state index in [0.29, 0.717) is 12.8 Å². The number of aliphatic hydroxyl groups is 5. The molecule has 7 unspecified atom stereocenters. The first-order chi connectivity index (χ1) is 35.3. The van der Waals surface area contributed by atoms with Crippen molar-refractivity contribution >= 4 is 5.91 Å². The Morgan fingerprint density at radius 2 is 0.694 bits per heavy atom. The van der Waals surface area contributed by atoms with E-state index in [-0.39, 0.29) is 12.5 Å². The van der Waals surface area contributed by atoms with Gasteiger partial charge in [-0.15, -0.1) is 0 Å². The number of hydrogen-bond acceptors (Lipinski definition) is 8. The van der Waals surface area contributed by atoms with Gasteiger partial charge in [-0.05, 0) is 12.8 Å². The molecule has 1 heterocycles. The van der Waals surface area contributed by atoms with Crippen LogP contribution in [0, 0.1) is 0 Å². The Morgan fingerprint density at radius 3 is 0.986 bits per heavy atom. The molecule has 0 saturated carbocycles. The third-order valence-electron chi connectivity index (χ3n) is 16.0. The van der Waals surface area contributed by atoms with Crippen molar-refractivity contribution < 1.29 is 39.8 Å². The summed E-state index contributed by atoms with van der Waals surface area (Å²) < 4.78 is 11.3. The van der Waals surface area contributed by atoms with Gasteiger partial charge in [-0.25, -0.2) is 0 Å². The minimum Gasteiger partial charge on any atom is -0.394 e. The van der Waals surface area contributed by atoms with Gasteiger partial charge in [0.1, 0.15) is 24.4 Å². The van der Waals surface area contributed by atoms with E-state index in [1.165, 1.54) is 276 Å². The number of unbranched alkanes of at least 4 members (excludes halogenated alkanes) is 47. The number of ether oxygens (including phenoxy) is 2. The predicted octanol–water partition coefficient (Wildman–Crippen LogP) is 16.6. The van der Waals surface area contributed by atoms with E-state index in [1.54, 1.807) is 0 Å². The molecule has 0 aromatic heterocycles. The lowest BCUT2D eigenvalue weighted by Gasteiger charge is -2.40. The molecule has 0 aliphatic carbocycles. The van der Waals surface area contributed by atoms with Crippen LogP contribution in [0.3, 0.4) is 0 Å². The van der Waals surface area contributed by atoms with Gasteiger partial charge < -0.3 is 40.3 Å². The summed E-state index contributed by atoms with van der Waals surface area (Å²) in [6.07, 6.45) is 58.7. The molecule has 1 rings (SSSR count). The van der Waals surface area contributed by atoms with E-state index in [9.17, 15) is 30.3 Å². The molecule has 1 saturated heterocycles. The molecular formula is C63H125NO8. The van der Waals surface area contributed by atoms with Crippen molar-refractivity contribution in [3.63, 3.8) is 0 Å². The third-order valence-corrected chi connectivity index (χ3v) is 16.0. The lowest BCUT2D eigenvalue weighted by atomic mass is 9.99. The van der Waals surface area contributed by atoms with Crippen LogP contribution < -0.4 is 5.32 Å².